The Bertz CT molecular complexity index is 272. The van der Waals surface area contributed by atoms with Gasteiger partial charge in [-0.3, -0.25) is 0 Å². The first-order chi connectivity index (χ1) is 6.29. The van der Waals surface area contributed by atoms with Crippen molar-refractivity contribution in [3.8, 4) is 0 Å². The van der Waals surface area contributed by atoms with Gasteiger partial charge < -0.3 is 0 Å². The number of hydrogen-bond donors (Lipinski definition) is 0. The topological polar surface area (TPSA) is 0 Å². The monoisotopic (exact) mass is 172 g/mol. The Morgan fingerprint density at radius 3 is 1.85 bits per heavy atom. The summed E-state index contributed by atoms with van der Waals surface area (Å²) in [5.41, 5.74) is 2.14. The highest BCUT2D eigenvalue weighted by molar-refractivity contribution is 5.48. The van der Waals surface area contributed by atoms with Crippen molar-refractivity contribution in [3.05, 3.63) is 73.4 Å². The molecule has 0 nitrogen and oxygen atoms in total. The highest BCUT2D eigenvalue weighted by Gasteiger charge is 1.93. The molecule has 0 rings (SSSR count). The second kappa shape index (κ2) is 7.11. The Morgan fingerprint density at radius 2 is 1.46 bits per heavy atom. The van der Waals surface area contributed by atoms with Gasteiger partial charge in [0.25, 0.3) is 0 Å². The molecule has 0 unspecified atom stereocenters. The van der Waals surface area contributed by atoms with Crippen LogP contribution in [-0.2, 0) is 0 Å². The lowest BCUT2D eigenvalue weighted by atomic mass is 10.0. The third-order valence-corrected chi connectivity index (χ3v) is 1.49. The van der Waals surface area contributed by atoms with Gasteiger partial charge in [-0.05, 0) is 18.1 Å². The molecule has 0 saturated carbocycles. The van der Waals surface area contributed by atoms with E-state index >= 15 is 0 Å². The summed E-state index contributed by atoms with van der Waals surface area (Å²) in [6, 6.07) is 0. The lowest BCUT2D eigenvalue weighted by Crippen LogP contribution is -1.81. The van der Waals surface area contributed by atoms with Crippen molar-refractivity contribution in [2.24, 2.45) is 0 Å². The van der Waals surface area contributed by atoms with E-state index in [1.807, 2.05) is 31.2 Å². The average molecular weight is 172 g/mol. The lowest BCUT2D eigenvalue weighted by molar-refractivity contribution is 1.53. The van der Waals surface area contributed by atoms with Crippen LogP contribution >= 0.6 is 0 Å². The van der Waals surface area contributed by atoms with E-state index in [1.54, 1.807) is 18.2 Å². The van der Waals surface area contributed by atoms with Crippen LogP contribution in [0, 0.1) is 0 Å². The minimum absolute atomic E-state index is 1.05. The Kier molecular flexibility index (Phi) is 6.26. The van der Waals surface area contributed by atoms with E-state index in [0.717, 1.165) is 11.1 Å². The van der Waals surface area contributed by atoms with Gasteiger partial charge >= 0.3 is 0 Å². The molecule has 0 N–H and O–H groups in total. The fraction of sp³-hybridized carbons (Fsp3) is 0.0769. The third-order valence-electron chi connectivity index (χ3n) is 1.49. The van der Waals surface area contributed by atoms with E-state index in [1.165, 1.54) is 0 Å². The molecule has 0 spiro atoms. The maximum Gasteiger partial charge on any atom is -0.0188 e. The summed E-state index contributed by atoms with van der Waals surface area (Å²) < 4.78 is 0. The van der Waals surface area contributed by atoms with Crippen molar-refractivity contribution < 1.29 is 0 Å². The van der Waals surface area contributed by atoms with Gasteiger partial charge in [0.15, 0.2) is 0 Å². The van der Waals surface area contributed by atoms with Crippen molar-refractivity contribution in [3.63, 3.8) is 0 Å². The summed E-state index contributed by atoms with van der Waals surface area (Å²) in [6.45, 7) is 13.0. The molecule has 0 aliphatic heterocycles. The Labute approximate surface area is 81.0 Å². The smallest absolute Gasteiger partial charge is 0.0188 e. The fourth-order valence-electron chi connectivity index (χ4n) is 0.964. The zero-order valence-electron chi connectivity index (χ0n) is 8.16. The minimum Gasteiger partial charge on any atom is -0.0990 e. The van der Waals surface area contributed by atoms with E-state index in [4.69, 9.17) is 0 Å². The van der Waals surface area contributed by atoms with E-state index in [-0.39, 0.29) is 0 Å². The van der Waals surface area contributed by atoms with E-state index in [2.05, 4.69) is 19.7 Å². The molecule has 68 valence electrons. The molecule has 0 bridgehead atoms. The molecule has 0 saturated heterocycles. The van der Waals surface area contributed by atoms with Crippen molar-refractivity contribution in [2.45, 2.75) is 6.92 Å². The molecular weight excluding hydrogens is 156 g/mol. The Morgan fingerprint density at radius 1 is 0.923 bits per heavy atom. The van der Waals surface area contributed by atoms with E-state index in [0.29, 0.717) is 0 Å². The van der Waals surface area contributed by atoms with Crippen LogP contribution in [0.5, 0.6) is 0 Å². The van der Waals surface area contributed by atoms with Gasteiger partial charge in [0.05, 0.1) is 0 Å². The van der Waals surface area contributed by atoms with Gasteiger partial charge in [-0.1, -0.05) is 62.3 Å². The summed E-state index contributed by atoms with van der Waals surface area (Å²) in [4.78, 5) is 0. The van der Waals surface area contributed by atoms with Crippen molar-refractivity contribution in [1.29, 1.82) is 0 Å². The standard InChI is InChI=1S/C13H16/c1-5-9-12(8-4)13(10-6-2)11-7-3/h5-11H,1-2,4H2,3H3/b11-7-,12-9-,13-10-. The van der Waals surface area contributed by atoms with Crippen LogP contribution in [0.2, 0.25) is 0 Å². The van der Waals surface area contributed by atoms with E-state index in [9.17, 15) is 0 Å². The normalized spacial score (nSPS) is 13.0. The van der Waals surface area contributed by atoms with Crippen LogP contribution in [-0.4, -0.2) is 0 Å². The molecule has 0 aromatic rings. The lowest BCUT2D eigenvalue weighted by Gasteiger charge is -2.00. The van der Waals surface area contributed by atoms with Crippen LogP contribution < -0.4 is 0 Å². The molecule has 0 amide bonds. The first-order valence-corrected chi connectivity index (χ1v) is 4.21. The first-order valence-electron chi connectivity index (χ1n) is 4.21. The molecule has 0 radical (unpaired) electrons. The molecule has 0 aliphatic rings. The van der Waals surface area contributed by atoms with Gasteiger partial charge in [0, 0.05) is 0 Å². The van der Waals surface area contributed by atoms with Crippen LogP contribution in [0.1, 0.15) is 6.92 Å². The predicted molar refractivity (Wildman–Crippen MR) is 61.6 cm³/mol. The molecular formula is C13H16. The summed E-state index contributed by atoms with van der Waals surface area (Å²) in [5, 5.41) is 0. The van der Waals surface area contributed by atoms with Gasteiger partial charge in [0.2, 0.25) is 0 Å². The number of allylic oxidation sites excluding steroid dienone is 9. The maximum absolute atomic E-state index is 3.74. The quantitative estimate of drug-likeness (QED) is 0.550. The summed E-state index contributed by atoms with van der Waals surface area (Å²) in [5.74, 6) is 0. The largest absolute Gasteiger partial charge is 0.0990 e. The molecule has 0 atom stereocenters. The Balaban J connectivity index is 5.01. The molecule has 0 heteroatoms. The summed E-state index contributed by atoms with van der Waals surface area (Å²) in [7, 11) is 0. The van der Waals surface area contributed by atoms with Crippen molar-refractivity contribution >= 4 is 0 Å². The SMILES string of the molecule is C=C\C=C(C=C)/C(/C=C\C)=C\C=C. The average Bonchev–Trinajstić information content (AvgIpc) is 2.14. The molecule has 0 aliphatic carbocycles. The van der Waals surface area contributed by atoms with Gasteiger partial charge in [0.1, 0.15) is 0 Å². The molecule has 0 heterocycles. The molecule has 13 heavy (non-hydrogen) atoms. The molecule has 0 aromatic carbocycles. The summed E-state index contributed by atoms with van der Waals surface area (Å²) >= 11 is 0. The van der Waals surface area contributed by atoms with Gasteiger partial charge in [-0.25, -0.2) is 0 Å². The molecule has 0 aromatic heterocycles. The fourth-order valence-corrected chi connectivity index (χ4v) is 0.964. The van der Waals surface area contributed by atoms with Crippen molar-refractivity contribution in [1.82, 2.24) is 0 Å². The van der Waals surface area contributed by atoms with Gasteiger partial charge in [-0.15, -0.1) is 0 Å². The van der Waals surface area contributed by atoms with Crippen LogP contribution in [0.4, 0.5) is 0 Å². The molecule has 0 fully saturated rings. The third kappa shape index (κ3) is 4.12. The zero-order valence-corrected chi connectivity index (χ0v) is 8.16. The highest BCUT2D eigenvalue weighted by atomic mass is 14.0. The zero-order chi connectivity index (χ0) is 10.1. The maximum atomic E-state index is 3.74. The van der Waals surface area contributed by atoms with Crippen LogP contribution in [0.25, 0.3) is 0 Å². The first kappa shape index (κ1) is 11.4. The summed E-state index contributed by atoms with van der Waals surface area (Å²) in [6.07, 6.45) is 13.2. The van der Waals surface area contributed by atoms with E-state index < -0.39 is 0 Å². The predicted octanol–water partition coefficient (Wildman–Crippen LogP) is 3.97. The van der Waals surface area contributed by atoms with Crippen molar-refractivity contribution in [2.75, 3.05) is 0 Å². The minimum atomic E-state index is 1.05. The van der Waals surface area contributed by atoms with Gasteiger partial charge in [-0.2, -0.15) is 0 Å². The number of rotatable bonds is 5. The second-order valence-corrected chi connectivity index (χ2v) is 2.42. The van der Waals surface area contributed by atoms with Crippen LogP contribution in [0.15, 0.2) is 73.4 Å². The van der Waals surface area contributed by atoms with Crippen LogP contribution in [0.3, 0.4) is 0 Å². The highest BCUT2D eigenvalue weighted by Crippen LogP contribution is 2.12. The number of hydrogen-bond acceptors (Lipinski definition) is 0. The second-order valence-electron chi connectivity index (χ2n) is 2.42. The Hall–Kier alpha value is -1.56.